The van der Waals surface area contributed by atoms with Crippen LogP contribution in [-0.4, -0.2) is 46.2 Å². The van der Waals surface area contributed by atoms with Gasteiger partial charge in [-0.1, -0.05) is 16.8 Å². The third kappa shape index (κ3) is 5.87. The number of hydrogen-bond donors (Lipinski definition) is 2. The maximum absolute atomic E-state index is 5.91. The van der Waals surface area contributed by atoms with E-state index in [0.29, 0.717) is 29.7 Å². The van der Waals surface area contributed by atoms with Gasteiger partial charge < -0.3 is 15.2 Å². The van der Waals surface area contributed by atoms with Crippen molar-refractivity contribution in [3.05, 3.63) is 35.2 Å². The van der Waals surface area contributed by atoms with Crippen molar-refractivity contribution in [2.75, 3.05) is 25.4 Å². The molecule has 2 N–H and O–H groups in total. The molecule has 6 nitrogen and oxygen atoms in total. The van der Waals surface area contributed by atoms with Crippen LogP contribution in [-0.2, 0) is 6.42 Å². The summed E-state index contributed by atoms with van der Waals surface area (Å²) in [5.41, 5.74) is 0.888. The van der Waals surface area contributed by atoms with Crippen LogP contribution in [0.25, 0.3) is 11.4 Å². The molecule has 1 saturated heterocycles. The molecule has 0 spiro atoms. The van der Waals surface area contributed by atoms with Crippen LogP contribution >= 0.6 is 23.4 Å². The summed E-state index contributed by atoms with van der Waals surface area (Å²) in [6, 6.07) is 7.40. The molecular weight excluding hydrogens is 382 g/mol. The number of benzene rings is 1. The molecule has 1 aliphatic rings. The Balaban J connectivity index is 1.52. The number of aliphatic imine (C=N–C) groups is 1. The molecule has 3 rings (SSSR count). The van der Waals surface area contributed by atoms with Crippen LogP contribution in [0.1, 0.15) is 32.6 Å². The highest BCUT2D eigenvalue weighted by molar-refractivity contribution is 8.00. The summed E-state index contributed by atoms with van der Waals surface area (Å²) >= 11 is 7.94. The number of halogens is 1. The van der Waals surface area contributed by atoms with E-state index in [2.05, 4.69) is 34.6 Å². The molecule has 2 aromatic rings. The highest BCUT2D eigenvalue weighted by Gasteiger charge is 2.29. The molecule has 8 heteroatoms. The Kier molecular flexibility index (Phi) is 7.01. The molecule has 1 aromatic carbocycles. The number of hydrogen-bond acceptors (Lipinski definition) is 5. The average molecular weight is 408 g/mol. The number of nitrogens with one attached hydrogen (secondary N) is 2. The van der Waals surface area contributed by atoms with Crippen LogP contribution in [0.5, 0.6) is 0 Å². The average Bonchev–Trinajstić information content (AvgIpc) is 3.30. The molecule has 1 aromatic heterocycles. The van der Waals surface area contributed by atoms with E-state index in [1.165, 1.54) is 18.6 Å². The van der Waals surface area contributed by atoms with Crippen molar-refractivity contribution >= 4 is 29.3 Å². The van der Waals surface area contributed by atoms with Gasteiger partial charge in [-0.2, -0.15) is 16.7 Å². The Labute approximate surface area is 169 Å². The summed E-state index contributed by atoms with van der Waals surface area (Å²) in [6.45, 7) is 6.71. The fourth-order valence-corrected chi connectivity index (χ4v) is 4.26. The van der Waals surface area contributed by atoms with E-state index in [-0.39, 0.29) is 4.75 Å². The molecular formula is C19H26ClN5OS. The van der Waals surface area contributed by atoms with Crippen molar-refractivity contribution in [2.24, 2.45) is 4.99 Å². The Bertz CT molecular complexity index is 756. The van der Waals surface area contributed by atoms with Gasteiger partial charge in [0.25, 0.3) is 0 Å². The predicted octanol–water partition coefficient (Wildman–Crippen LogP) is 3.77. The van der Waals surface area contributed by atoms with Crippen LogP contribution in [0.15, 0.2) is 33.8 Å². The van der Waals surface area contributed by atoms with Crippen molar-refractivity contribution in [3.63, 3.8) is 0 Å². The number of aromatic nitrogens is 2. The van der Waals surface area contributed by atoms with Gasteiger partial charge in [0.05, 0.1) is 6.54 Å². The lowest BCUT2D eigenvalue weighted by Crippen LogP contribution is -2.39. The van der Waals surface area contributed by atoms with E-state index in [9.17, 15) is 0 Å². The van der Waals surface area contributed by atoms with Crippen molar-refractivity contribution in [1.29, 1.82) is 0 Å². The lowest BCUT2D eigenvalue weighted by atomic mass is 10.1. The molecule has 0 radical (unpaired) electrons. The number of nitrogens with zero attached hydrogens (tertiary/aromatic N) is 3. The Morgan fingerprint density at radius 3 is 2.85 bits per heavy atom. The van der Waals surface area contributed by atoms with Gasteiger partial charge in [0, 0.05) is 34.8 Å². The summed E-state index contributed by atoms with van der Waals surface area (Å²) < 4.78 is 5.62. The molecule has 1 atom stereocenters. The summed E-state index contributed by atoms with van der Waals surface area (Å²) in [6.07, 6.45) is 3.15. The molecule has 0 amide bonds. The van der Waals surface area contributed by atoms with Gasteiger partial charge in [0.15, 0.2) is 5.96 Å². The largest absolute Gasteiger partial charge is 0.357 e. The summed E-state index contributed by atoms with van der Waals surface area (Å²) in [5, 5.41) is 11.4. The second-order valence-electron chi connectivity index (χ2n) is 6.79. The zero-order chi connectivity index (χ0) is 19.1. The maximum Gasteiger partial charge on any atom is 0.228 e. The molecule has 0 bridgehead atoms. The predicted molar refractivity (Wildman–Crippen MR) is 113 cm³/mol. The first-order chi connectivity index (χ1) is 13.1. The van der Waals surface area contributed by atoms with Crippen molar-refractivity contribution < 1.29 is 4.52 Å². The molecule has 27 heavy (non-hydrogen) atoms. The normalized spacial score (nSPS) is 20.0. The number of thioether (sulfide) groups is 1. The van der Waals surface area contributed by atoms with Crippen LogP contribution in [0.3, 0.4) is 0 Å². The second-order valence-corrected chi connectivity index (χ2v) is 8.91. The molecule has 146 valence electrons. The van der Waals surface area contributed by atoms with Gasteiger partial charge in [0.1, 0.15) is 0 Å². The third-order valence-electron chi connectivity index (χ3n) is 4.42. The monoisotopic (exact) mass is 407 g/mol. The minimum atomic E-state index is 0.266. The van der Waals surface area contributed by atoms with Gasteiger partial charge in [-0.25, -0.2) is 0 Å². The fraction of sp³-hybridized carbons (Fsp3) is 0.526. The van der Waals surface area contributed by atoms with Gasteiger partial charge in [-0.15, -0.1) is 0 Å². The summed E-state index contributed by atoms with van der Waals surface area (Å²) in [5.74, 6) is 3.25. The topological polar surface area (TPSA) is 75.3 Å². The van der Waals surface area contributed by atoms with Gasteiger partial charge in [-0.05, 0) is 56.7 Å². The number of rotatable bonds is 7. The summed E-state index contributed by atoms with van der Waals surface area (Å²) in [4.78, 5) is 9.20. The maximum atomic E-state index is 5.91. The highest BCUT2D eigenvalue weighted by atomic mass is 35.5. The number of guanidine groups is 1. The van der Waals surface area contributed by atoms with Gasteiger partial charge >= 0.3 is 0 Å². The van der Waals surface area contributed by atoms with E-state index >= 15 is 0 Å². The van der Waals surface area contributed by atoms with E-state index in [0.717, 1.165) is 24.6 Å². The molecule has 0 aliphatic carbocycles. The fourth-order valence-electron chi connectivity index (χ4n) is 2.91. The van der Waals surface area contributed by atoms with Gasteiger partial charge in [-0.3, -0.25) is 4.99 Å². The van der Waals surface area contributed by atoms with Gasteiger partial charge in [0.2, 0.25) is 11.7 Å². The van der Waals surface area contributed by atoms with Crippen molar-refractivity contribution in [3.8, 4) is 11.4 Å². The van der Waals surface area contributed by atoms with Crippen LogP contribution in [0.2, 0.25) is 5.02 Å². The van der Waals surface area contributed by atoms with Crippen LogP contribution in [0.4, 0.5) is 0 Å². The first-order valence-corrected chi connectivity index (χ1v) is 10.7. The minimum absolute atomic E-state index is 0.266. The van der Waals surface area contributed by atoms with Crippen LogP contribution in [0, 0.1) is 0 Å². The Morgan fingerprint density at radius 1 is 1.33 bits per heavy atom. The SMILES string of the molecule is CCNC(=NCC1(C)CCCS1)NCCc1nc(-c2ccc(Cl)cc2)no1. The van der Waals surface area contributed by atoms with Crippen LogP contribution < -0.4 is 10.6 Å². The standard InChI is InChI=1S/C19H26ClN5OS/c1-3-21-18(23-13-19(2)10-4-12-27-19)22-11-9-16-24-17(25-26-16)14-5-7-15(20)8-6-14/h5-8H,3-4,9-13H2,1-2H3,(H2,21,22,23). The van der Waals surface area contributed by atoms with E-state index in [1.54, 1.807) is 0 Å². The molecule has 1 unspecified atom stereocenters. The molecule has 0 saturated carbocycles. The third-order valence-corrected chi connectivity index (χ3v) is 6.19. The quantitative estimate of drug-likeness (QED) is 0.537. The van der Waals surface area contributed by atoms with Crippen molar-refractivity contribution in [2.45, 2.75) is 37.9 Å². The Morgan fingerprint density at radius 2 is 2.15 bits per heavy atom. The minimum Gasteiger partial charge on any atom is -0.357 e. The van der Waals surface area contributed by atoms with E-state index in [4.69, 9.17) is 21.1 Å². The van der Waals surface area contributed by atoms with Crippen molar-refractivity contribution in [1.82, 2.24) is 20.8 Å². The lowest BCUT2D eigenvalue weighted by Gasteiger charge is -2.20. The first kappa shape index (κ1) is 20.0. The molecule has 2 heterocycles. The second kappa shape index (κ2) is 9.46. The Hall–Kier alpha value is -1.73. The summed E-state index contributed by atoms with van der Waals surface area (Å²) in [7, 11) is 0. The van der Waals surface area contributed by atoms with E-state index in [1.807, 2.05) is 36.0 Å². The highest BCUT2D eigenvalue weighted by Crippen LogP contribution is 2.37. The molecule has 1 fully saturated rings. The first-order valence-electron chi connectivity index (χ1n) is 9.33. The zero-order valence-corrected chi connectivity index (χ0v) is 17.4. The zero-order valence-electron chi connectivity index (χ0n) is 15.8. The lowest BCUT2D eigenvalue weighted by molar-refractivity contribution is 0.378. The molecule has 1 aliphatic heterocycles. The smallest absolute Gasteiger partial charge is 0.228 e. The van der Waals surface area contributed by atoms with E-state index < -0.39 is 0 Å².